The molecule has 242 valence electrons. The van der Waals surface area contributed by atoms with Gasteiger partial charge in [0.05, 0.1) is 6.10 Å². The summed E-state index contributed by atoms with van der Waals surface area (Å²) >= 11 is 0. The van der Waals surface area contributed by atoms with Gasteiger partial charge in [0.15, 0.2) is 0 Å². The number of aliphatic hydroxyl groups excluding tert-OH is 1. The predicted molar refractivity (Wildman–Crippen MR) is 180 cm³/mol. The molecule has 1 aliphatic carbocycles. The summed E-state index contributed by atoms with van der Waals surface area (Å²) in [6.45, 7) is 0.850. The summed E-state index contributed by atoms with van der Waals surface area (Å²) in [6.07, 6.45) is 7.78. The molecule has 46 heavy (non-hydrogen) atoms. The Morgan fingerprint density at radius 3 is 2.07 bits per heavy atom. The van der Waals surface area contributed by atoms with E-state index in [0.717, 1.165) is 36.0 Å². The number of hydrogen-bond acceptors (Lipinski definition) is 5. The second-order valence-electron chi connectivity index (χ2n) is 12.9. The minimum Gasteiger partial charge on any atom is -0.393 e. The average Bonchev–Trinajstić information content (AvgIpc) is 3.07. The van der Waals surface area contributed by atoms with Gasteiger partial charge >= 0.3 is 0 Å². The molecule has 0 bridgehead atoms. The third-order valence-corrected chi connectivity index (χ3v) is 9.58. The van der Waals surface area contributed by atoms with Crippen LogP contribution in [0.2, 0.25) is 0 Å². The van der Waals surface area contributed by atoms with Crippen molar-refractivity contribution in [1.82, 2.24) is 14.7 Å². The topological polar surface area (TPSA) is 107 Å². The Balaban J connectivity index is 1.42. The van der Waals surface area contributed by atoms with Crippen molar-refractivity contribution in [3.05, 3.63) is 108 Å². The summed E-state index contributed by atoms with van der Waals surface area (Å²) in [5.41, 5.74) is 9.87. The summed E-state index contributed by atoms with van der Waals surface area (Å²) in [4.78, 5) is 46.7. The van der Waals surface area contributed by atoms with Gasteiger partial charge in [0.25, 0.3) is 0 Å². The molecule has 1 aliphatic heterocycles. The maximum Gasteiger partial charge on any atom is 0.250 e. The lowest BCUT2D eigenvalue weighted by atomic mass is 9.75. The fourth-order valence-electron chi connectivity index (χ4n) is 6.37. The van der Waals surface area contributed by atoms with Gasteiger partial charge in [0, 0.05) is 39.1 Å². The molecule has 2 fully saturated rings. The van der Waals surface area contributed by atoms with E-state index in [1.807, 2.05) is 91.0 Å². The zero-order chi connectivity index (χ0) is 32.7. The van der Waals surface area contributed by atoms with E-state index in [1.54, 1.807) is 19.0 Å². The molecule has 3 aromatic rings. The Morgan fingerprint density at radius 2 is 1.48 bits per heavy atom. The fourth-order valence-corrected chi connectivity index (χ4v) is 6.37. The average molecular weight is 623 g/mol. The number of carbonyl (C=O) groups is 3. The van der Waals surface area contributed by atoms with Crippen molar-refractivity contribution in [2.45, 2.75) is 68.7 Å². The zero-order valence-corrected chi connectivity index (χ0v) is 26.9. The molecule has 0 radical (unpaired) electrons. The van der Waals surface area contributed by atoms with E-state index in [9.17, 15) is 19.5 Å². The van der Waals surface area contributed by atoms with Crippen LogP contribution in [0.25, 0.3) is 11.1 Å². The summed E-state index contributed by atoms with van der Waals surface area (Å²) in [5, 5.41) is 10.0. The standard InChI is InChI=1S/C38H46N4O4/c1-40(34(44)15-9-22-38(39)23-10-24-38)33(27-28-16-18-30(19-17-28)29-11-5-3-6-12-29)36(45)41(2)35(31-13-7-4-8-14-31)37(46)42-25-20-32(43)21-26-42/h3-9,11-19,32-33,35,43H,10,20-27,39H2,1-2H3/b15-9+/t33-,35?/m1/s1. The zero-order valence-electron chi connectivity index (χ0n) is 26.9. The number of likely N-dealkylation sites (tertiary alicyclic amines) is 1. The second-order valence-corrected chi connectivity index (χ2v) is 12.9. The Labute approximate surface area is 272 Å². The van der Waals surface area contributed by atoms with Crippen LogP contribution in [0.1, 0.15) is 55.7 Å². The Morgan fingerprint density at radius 1 is 0.891 bits per heavy atom. The molecule has 2 atom stereocenters. The van der Waals surface area contributed by atoms with E-state index < -0.39 is 18.2 Å². The molecule has 3 aromatic carbocycles. The highest BCUT2D eigenvalue weighted by Crippen LogP contribution is 2.32. The number of carbonyl (C=O) groups excluding carboxylic acids is 3. The van der Waals surface area contributed by atoms with Gasteiger partial charge in [0.2, 0.25) is 17.7 Å². The van der Waals surface area contributed by atoms with Crippen LogP contribution in [0.3, 0.4) is 0 Å². The lowest BCUT2D eigenvalue weighted by Crippen LogP contribution is -2.53. The van der Waals surface area contributed by atoms with E-state index >= 15 is 0 Å². The van der Waals surface area contributed by atoms with Crippen molar-refractivity contribution < 1.29 is 19.5 Å². The molecule has 8 nitrogen and oxygen atoms in total. The minimum absolute atomic E-state index is 0.192. The van der Waals surface area contributed by atoms with E-state index in [4.69, 9.17) is 5.73 Å². The number of hydrogen-bond donors (Lipinski definition) is 2. The van der Waals surface area contributed by atoms with Crippen LogP contribution in [-0.2, 0) is 20.8 Å². The van der Waals surface area contributed by atoms with Crippen molar-refractivity contribution in [2.75, 3.05) is 27.2 Å². The molecule has 5 rings (SSSR count). The highest BCUT2D eigenvalue weighted by molar-refractivity contribution is 5.95. The van der Waals surface area contributed by atoms with Crippen LogP contribution < -0.4 is 5.73 Å². The van der Waals surface area contributed by atoms with Crippen molar-refractivity contribution in [3.63, 3.8) is 0 Å². The first kappa shape index (κ1) is 33.1. The van der Waals surface area contributed by atoms with Crippen LogP contribution >= 0.6 is 0 Å². The van der Waals surface area contributed by atoms with Gasteiger partial charge in [-0.3, -0.25) is 14.4 Å². The number of amides is 3. The largest absolute Gasteiger partial charge is 0.393 e. The number of likely N-dealkylation sites (N-methyl/N-ethyl adjacent to an activating group) is 2. The van der Waals surface area contributed by atoms with Crippen LogP contribution in [0.15, 0.2) is 97.1 Å². The van der Waals surface area contributed by atoms with Gasteiger partial charge in [-0.25, -0.2) is 0 Å². The summed E-state index contributed by atoms with van der Waals surface area (Å²) < 4.78 is 0. The van der Waals surface area contributed by atoms with Crippen molar-refractivity contribution in [2.24, 2.45) is 5.73 Å². The first-order valence-corrected chi connectivity index (χ1v) is 16.3. The maximum atomic E-state index is 14.5. The normalized spacial score (nSPS) is 17.6. The molecule has 0 aromatic heterocycles. The Kier molecular flexibility index (Phi) is 10.7. The number of aliphatic hydroxyl groups is 1. The van der Waals surface area contributed by atoms with E-state index in [-0.39, 0.29) is 29.7 Å². The smallest absolute Gasteiger partial charge is 0.250 e. The van der Waals surface area contributed by atoms with E-state index in [0.29, 0.717) is 37.9 Å². The summed E-state index contributed by atoms with van der Waals surface area (Å²) in [6, 6.07) is 25.7. The third-order valence-electron chi connectivity index (χ3n) is 9.58. The molecular formula is C38H46N4O4. The molecule has 0 spiro atoms. The lowest BCUT2D eigenvalue weighted by Gasteiger charge is -2.38. The summed E-state index contributed by atoms with van der Waals surface area (Å²) in [7, 11) is 3.29. The van der Waals surface area contributed by atoms with Crippen LogP contribution in [0.5, 0.6) is 0 Å². The number of nitrogens with zero attached hydrogens (tertiary/aromatic N) is 3. The van der Waals surface area contributed by atoms with E-state index in [1.165, 1.54) is 15.9 Å². The number of benzene rings is 3. The van der Waals surface area contributed by atoms with Crippen LogP contribution in [0.4, 0.5) is 0 Å². The number of piperidine rings is 1. The number of nitrogens with two attached hydrogens (primary N) is 1. The quantitative estimate of drug-likeness (QED) is 0.301. The molecule has 1 saturated heterocycles. The monoisotopic (exact) mass is 622 g/mol. The Hall–Kier alpha value is -4.27. The summed E-state index contributed by atoms with van der Waals surface area (Å²) in [5.74, 6) is -0.810. The Bertz CT molecular complexity index is 1500. The SMILES string of the molecule is CN(C(=O)[C@@H](Cc1ccc(-c2ccccc2)cc1)N(C)C(=O)/C=C/CC1(N)CCC1)C(C(=O)N1CCC(O)CC1)c1ccccc1. The fraction of sp³-hybridized carbons (Fsp3) is 0.395. The van der Waals surface area contributed by atoms with Gasteiger partial charge in [-0.15, -0.1) is 0 Å². The van der Waals surface area contributed by atoms with Gasteiger partial charge in [-0.2, -0.15) is 0 Å². The molecular weight excluding hydrogens is 576 g/mol. The number of rotatable bonds is 11. The molecule has 3 N–H and O–H groups in total. The van der Waals surface area contributed by atoms with Gasteiger partial charge in [-0.1, -0.05) is 91.0 Å². The highest BCUT2D eigenvalue weighted by atomic mass is 16.3. The molecule has 1 unspecified atom stereocenters. The predicted octanol–water partition coefficient (Wildman–Crippen LogP) is 4.73. The van der Waals surface area contributed by atoms with Crippen molar-refractivity contribution in [3.8, 4) is 11.1 Å². The highest BCUT2D eigenvalue weighted by Gasteiger charge is 2.38. The van der Waals surface area contributed by atoms with E-state index in [2.05, 4.69) is 0 Å². The third kappa shape index (κ3) is 7.92. The minimum atomic E-state index is -0.873. The van der Waals surface area contributed by atoms with Gasteiger partial charge in [-0.05, 0) is 66.9 Å². The molecule has 2 aliphatic rings. The maximum absolute atomic E-state index is 14.5. The second kappa shape index (κ2) is 14.9. The van der Waals surface area contributed by atoms with Crippen molar-refractivity contribution in [1.29, 1.82) is 0 Å². The molecule has 3 amide bonds. The molecule has 1 saturated carbocycles. The van der Waals surface area contributed by atoms with Crippen molar-refractivity contribution >= 4 is 17.7 Å². The molecule has 8 heteroatoms. The van der Waals surface area contributed by atoms with Crippen LogP contribution in [0, 0.1) is 0 Å². The van der Waals surface area contributed by atoms with Crippen LogP contribution in [-0.4, -0.2) is 82.4 Å². The first-order chi connectivity index (χ1) is 22.1. The van der Waals surface area contributed by atoms with Gasteiger partial charge < -0.3 is 25.5 Å². The van der Waals surface area contributed by atoms with Gasteiger partial charge in [0.1, 0.15) is 12.1 Å². The molecule has 1 heterocycles. The lowest BCUT2D eigenvalue weighted by molar-refractivity contribution is -0.150. The first-order valence-electron chi connectivity index (χ1n) is 16.3.